The first-order valence-electron chi connectivity index (χ1n) is 6.95. The van der Waals surface area contributed by atoms with Gasteiger partial charge >= 0.3 is 6.09 Å². The fraction of sp³-hybridized carbons (Fsp3) is 0.643. The van der Waals surface area contributed by atoms with Crippen LogP contribution in [0.1, 0.15) is 36.1 Å². The molecular formula is C14H21N3O3S. The standard InChI is InChI=1S/C14H21N3O3S/c1-10-11(21-9-15-10)12(18)16-5-7-17(8-6-16)13(19)20-14(2,3)4/h9H,5-8H2,1-4H3. The third-order valence-electron chi connectivity index (χ3n) is 3.16. The molecule has 6 nitrogen and oxygen atoms in total. The van der Waals surface area contributed by atoms with E-state index >= 15 is 0 Å². The number of thiazole rings is 1. The van der Waals surface area contributed by atoms with Crippen molar-refractivity contribution in [2.75, 3.05) is 26.2 Å². The summed E-state index contributed by atoms with van der Waals surface area (Å²) in [6, 6.07) is 0. The average Bonchev–Trinajstić information content (AvgIpc) is 2.82. The maximum absolute atomic E-state index is 12.3. The number of amides is 2. The molecular weight excluding hydrogens is 290 g/mol. The molecule has 1 saturated heterocycles. The first kappa shape index (κ1) is 15.8. The number of hydrogen-bond donors (Lipinski definition) is 0. The molecule has 0 N–H and O–H groups in total. The molecule has 1 aliphatic rings. The Balaban J connectivity index is 1.90. The van der Waals surface area contributed by atoms with Gasteiger partial charge in [-0.25, -0.2) is 9.78 Å². The van der Waals surface area contributed by atoms with E-state index in [0.717, 1.165) is 5.69 Å². The molecule has 0 aliphatic carbocycles. The topological polar surface area (TPSA) is 62.7 Å². The summed E-state index contributed by atoms with van der Waals surface area (Å²) in [6.07, 6.45) is -0.316. The molecule has 0 bridgehead atoms. The normalized spacial score (nSPS) is 16.0. The first-order chi connectivity index (χ1) is 9.78. The van der Waals surface area contributed by atoms with Gasteiger partial charge in [-0.3, -0.25) is 4.79 Å². The van der Waals surface area contributed by atoms with Gasteiger partial charge in [-0.1, -0.05) is 0 Å². The van der Waals surface area contributed by atoms with E-state index in [2.05, 4.69) is 4.98 Å². The van der Waals surface area contributed by atoms with Gasteiger partial charge in [0.15, 0.2) is 0 Å². The molecule has 0 unspecified atom stereocenters. The van der Waals surface area contributed by atoms with Crippen molar-refractivity contribution in [2.24, 2.45) is 0 Å². The summed E-state index contributed by atoms with van der Waals surface area (Å²) in [5.41, 5.74) is 1.95. The molecule has 116 valence electrons. The van der Waals surface area contributed by atoms with Crippen LogP contribution in [0.4, 0.5) is 4.79 Å². The highest BCUT2D eigenvalue weighted by atomic mass is 32.1. The SMILES string of the molecule is Cc1ncsc1C(=O)N1CCN(C(=O)OC(C)(C)C)CC1. The van der Waals surface area contributed by atoms with Crippen LogP contribution in [0.15, 0.2) is 5.51 Å². The number of rotatable bonds is 1. The maximum Gasteiger partial charge on any atom is 0.410 e. The molecule has 2 rings (SSSR count). The summed E-state index contributed by atoms with van der Waals surface area (Å²) in [6.45, 7) is 9.41. The minimum atomic E-state index is -0.496. The van der Waals surface area contributed by atoms with Crippen LogP contribution < -0.4 is 0 Å². The zero-order chi connectivity index (χ0) is 15.6. The maximum atomic E-state index is 12.3. The molecule has 0 atom stereocenters. The van der Waals surface area contributed by atoms with Crippen LogP contribution in [0.3, 0.4) is 0 Å². The van der Waals surface area contributed by atoms with Crippen molar-refractivity contribution in [2.45, 2.75) is 33.3 Å². The zero-order valence-corrected chi connectivity index (χ0v) is 13.7. The Morgan fingerprint density at radius 2 is 1.76 bits per heavy atom. The van der Waals surface area contributed by atoms with Gasteiger partial charge in [-0.15, -0.1) is 11.3 Å². The molecule has 0 spiro atoms. The second kappa shape index (κ2) is 6.01. The molecule has 1 fully saturated rings. The van der Waals surface area contributed by atoms with E-state index in [9.17, 15) is 9.59 Å². The Kier molecular flexibility index (Phi) is 4.51. The van der Waals surface area contributed by atoms with Crippen LogP contribution in [-0.2, 0) is 4.74 Å². The summed E-state index contributed by atoms with van der Waals surface area (Å²) in [5.74, 6) is -0.00108. The Labute approximate surface area is 128 Å². The van der Waals surface area contributed by atoms with Gasteiger partial charge in [0.05, 0.1) is 11.2 Å². The number of nitrogens with zero attached hydrogens (tertiary/aromatic N) is 3. The van der Waals surface area contributed by atoms with Gasteiger partial charge in [0.1, 0.15) is 10.5 Å². The van der Waals surface area contributed by atoms with Gasteiger partial charge < -0.3 is 14.5 Å². The fourth-order valence-electron chi connectivity index (χ4n) is 2.07. The van der Waals surface area contributed by atoms with E-state index < -0.39 is 5.60 Å². The van der Waals surface area contributed by atoms with Crippen LogP contribution in [0.5, 0.6) is 0 Å². The Morgan fingerprint density at radius 3 is 2.24 bits per heavy atom. The third kappa shape index (κ3) is 3.93. The van der Waals surface area contributed by atoms with Crippen molar-refractivity contribution >= 4 is 23.3 Å². The van der Waals surface area contributed by atoms with Crippen molar-refractivity contribution in [3.05, 3.63) is 16.1 Å². The molecule has 1 aromatic rings. The van der Waals surface area contributed by atoms with Gasteiger partial charge in [-0.05, 0) is 27.7 Å². The molecule has 7 heteroatoms. The number of ether oxygens (including phenoxy) is 1. The highest BCUT2D eigenvalue weighted by Gasteiger charge is 2.28. The Hall–Kier alpha value is -1.63. The number of carbonyl (C=O) groups excluding carboxylic acids is 2. The first-order valence-corrected chi connectivity index (χ1v) is 7.83. The van der Waals surface area contributed by atoms with Crippen molar-refractivity contribution in [1.29, 1.82) is 0 Å². The minimum absolute atomic E-state index is 0.00108. The van der Waals surface area contributed by atoms with Crippen molar-refractivity contribution in [3.8, 4) is 0 Å². The molecule has 0 radical (unpaired) electrons. The van der Waals surface area contributed by atoms with Gasteiger partial charge in [0, 0.05) is 26.2 Å². The second-order valence-electron chi connectivity index (χ2n) is 6.03. The highest BCUT2D eigenvalue weighted by Crippen LogP contribution is 2.17. The predicted octanol–water partition coefficient (Wildman–Crippen LogP) is 2.14. The van der Waals surface area contributed by atoms with Gasteiger partial charge in [-0.2, -0.15) is 0 Å². The predicted molar refractivity (Wildman–Crippen MR) is 80.6 cm³/mol. The molecule has 1 aromatic heterocycles. The summed E-state index contributed by atoms with van der Waals surface area (Å²) in [5, 5.41) is 0. The van der Waals surface area contributed by atoms with Crippen LogP contribution in [-0.4, -0.2) is 58.6 Å². The van der Waals surface area contributed by atoms with Crippen LogP contribution in [0.25, 0.3) is 0 Å². The Morgan fingerprint density at radius 1 is 1.19 bits per heavy atom. The third-order valence-corrected chi connectivity index (χ3v) is 4.07. The molecule has 21 heavy (non-hydrogen) atoms. The molecule has 2 amide bonds. The lowest BCUT2D eigenvalue weighted by Gasteiger charge is -2.35. The number of aryl methyl sites for hydroxylation is 1. The van der Waals surface area contributed by atoms with Crippen molar-refractivity contribution < 1.29 is 14.3 Å². The molecule has 0 aromatic carbocycles. The summed E-state index contributed by atoms with van der Waals surface area (Å²) in [7, 11) is 0. The number of aromatic nitrogens is 1. The smallest absolute Gasteiger partial charge is 0.410 e. The second-order valence-corrected chi connectivity index (χ2v) is 6.88. The molecule has 0 saturated carbocycles. The average molecular weight is 311 g/mol. The largest absolute Gasteiger partial charge is 0.444 e. The quantitative estimate of drug-likeness (QED) is 0.797. The van der Waals surface area contributed by atoms with E-state index in [1.807, 2.05) is 27.7 Å². The highest BCUT2D eigenvalue weighted by molar-refractivity contribution is 7.11. The number of hydrogen-bond acceptors (Lipinski definition) is 5. The van der Waals surface area contributed by atoms with Crippen molar-refractivity contribution in [3.63, 3.8) is 0 Å². The van der Waals surface area contributed by atoms with E-state index in [0.29, 0.717) is 31.1 Å². The zero-order valence-electron chi connectivity index (χ0n) is 12.9. The lowest BCUT2D eigenvalue weighted by molar-refractivity contribution is 0.0141. The molecule has 1 aliphatic heterocycles. The minimum Gasteiger partial charge on any atom is -0.444 e. The van der Waals surface area contributed by atoms with Gasteiger partial charge in [0.2, 0.25) is 0 Å². The van der Waals surface area contributed by atoms with Crippen molar-refractivity contribution in [1.82, 2.24) is 14.8 Å². The fourth-order valence-corrected chi connectivity index (χ4v) is 2.84. The number of carbonyl (C=O) groups is 2. The van der Waals surface area contributed by atoms with E-state index in [4.69, 9.17) is 4.74 Å². The van der Waals surface area contributed by atoms with Crippen LogP contribution >= 0.6 is 11.3 Å². The van der Waals surface area contributed by atoms with E-state index in [1.165, 1.54) is 11.3 Å². The lowest BCUT2D eigenvalue weighted by Crippen LogP contribution is -2.51. The summed E-state index contributed by atoms with van der Waals surface area (Å²) in [4.78, 5) is 32.5. The van der Waals surface area contributed by atoms with Crippen LogP contribution in [0.2, 0.25) is 0 Å². The van der Waals surface area contributed by atoms with E-state index in [-0.39, 0.29) is 12.0 Å². The lowest BCUT2D eigenvalue weighted by atomic mass is 10.2. The van der Waals surface area contributed by atoms with E-state index in [1.54, 1.807) is 15.3 Å². The van der Waals surface area contributed by atoms with Gasteiger partial charge in [0.25, 0.3) is 5.91 Å². The van der Waals surface area contributed by atoms with Crippen LogP contribution in [0, 0.1) is 6.92 Å². The summed E-state index contributed by atoms with van der Waals surface area (Å²) < 4.78 is 5.34. The Bertz CT molecular complexity index is 528. The summed E-state index contributed by atoms with van der Waals surface area (Å²) >= 11 is 1.36. The number of piperazine rings is 1. The monoisotopic (exact) mass is 311 g/mol. The molecule has 2 heterocycles.